The van der Waals surface area contributed by atoms with Crippen LogP contribution in [0.4, 0.5) is 5.82 Å². The van der Waals surface area contributed by atoms with Gasteiger partial charge in [-0.1, -0.05) is 16.8 Å². The molecule has 0 aliphatic heterocycles. The summed E-state index contributed by atoms with van der Waals surface area (Å²) in [6, 6.07) is 1.25. The second kappa shape index (κ2) is 5.51. The Bertz CT molecular complexity index is 657. The molecule has 0 saturated carbocycles. The average Bonchev–Trinajstić information content (AvgIpc) is 2.85. The van der Waals surface area contributed by atoms with Gasteiger partial charge in [0, 0.05) is 18.9 Å². The molecule has 0 saturated heterocycles. The van der Waals surface area contributed by atoms with Crippen molar-refractivity contribution < 1.29 is 8.42 Å². The molecule has 2 aromatic rings. The van der Waals surface area contributed by atoms with Gasteiger partial charge in [-0.05, 0) is 6.07 Å². The van der Waals surface area contributed by atoms with Crippen LogP contribution in [-0.4, -0.2) is 34.9 Å². The third-order valence-electron chi connectivity index (χ3n) is 2.26. The summed E-state index contributed by atoms with van der Waals surface area (Å²) in [7, 11) is -3.67. The van der Waals surface area contributed by atoms with E-state index in [4.69, 9.17) is 17.3 Å². The van der Waals surface area contributed by atoms with Crippen LogP contribution in [0.15, 0.2) is 29.6 Å². The number of aromatic nitrogens is 4. The van der Waals surface area contributed by atoms with Crippen molar-refractivity contribution in [1.82, 2.24) is 24.7 Å². The Morgan fingerprint density at radius 2 is 2.26 bits per heavy atom. The van der Waals surface area contributed by atoms with Crippen molar-refractivity contribution in [2.45, 2.75) is 11.4 Å². The summed E-state index contributed by atoms with van der Waals surface area (Å²) >= 11 is 5.73. The van der Waals surface area contributed by atoms with Gasteiger partial charge in [-0.2, -0.15) is 0 Å². The fourth-order valence-corrected chi connectivity index (χ4v) is 2.53. The van der Waals surface area contributed by atoms with Crippen LogP contribution >= 0.6 is 11.6 Å². The van der Waals surface area contributed by atoms with E-state index in [0.717, 1.165) is 6.20 Å². The van der Waals surface area contributed by atoms with Crippen molar-refractivity contribution >= 4 is 27.4 Å². The van der Waals surface area contributed by atoms with E-state index in [1.807, 2.05) is 0 Å². The van der Waals surface area contributed by atoms with Crippen molar-refractivity contribution in [2.24, 2.45) is 0 Å². The third kappa shape index (κ3) is 3.40. The Balaban J connectivity index is 2.03. The zero-order chi connectivity index (χ0) is 13.9. The lowest BCUT2D eigenvalue weighted by molar-refractivity contribution is 0.552. The van der Waals surface area contributed by atoms with Gasteiger partial charge in [-0.25, -0.2) is 18.1 Å². The van der Waals surface area contributed by atoms with Crippen LogP contribution in [0.5, 0.6) is 0 Å². The zero-order valence-electron chi connectivity index (χ0n) is 9.69. The van der Waals surface area contributed by atoms with E-state index in [-0.39, 0.29) is 22.3 Å². The molecule has 2 heterocycles. The van der Waals surface area contributed by atoms with E-state index < -0.39 is 10.0 Å². The van der Waals surface area contributed by atoms with Crippen molar-refractivity contribution in [2.75, 3.05) is 12.3 Å². The molecule has 2 rings (SSSR count). The maximum atomic E-state index is 11.9. The molecule has 0 aromatic carbocycles. The molecule has 0 fully saturated rings. The lowest BCUT2D eigenvalue weighted by Crippen LogP contribution is -2.27. The van der Waals surface area contributed by atoms with Crippen LogP contribution in [0.2, 0.25) is 5.02 Å². The maximum Gasteiger partial charge on any atom is 0.242 e. The number of halogens is 1. The zero-order valence-corrected chi connectivity index (χ0v) is 11.3. The van der Waals surface area contributed by atoms with Gasteiger partial charge >= 0.3 is 0 Å². The Kier molecular flexibility index (Phi) is 3.98. The van der Waals surface area contributed by atoms with Crippen molar-refractivity contribution in [1.29, 1.82) is 0 Å². The summed E-state index contributed by atoms with van der Waals surface area (Å²) in [4.78, 5) is 3.67. The number of pyridine rings is 1. The first kappa shape index (κ1) is 13.7. The second-order valence-corrected chi connectivity index (χ2v) is 5.78. The topological polar surface area (TPSA) is 116 Å². The number of anilines is 1. The highest BCUT2D eigenvalue weighted by molar-refractivity contribution is 7.89. The van der Waals surface area contributed by atoms with E-state index >= 15 is 0 Å². The summed E-state index contributed by atoms with van der Waals surface area (Å²) in [5, 5.41) is 7.42. The maximum absolute atomic E-state index is 11.9. The summed E-state index contributed by atoms with van der Waals surface area (Å²) in [6.45, 7) is 0.545. The fourth-order valence-electron chi connectivity index (χ4n) is 1.31. The highest BCUT2D eigenvalue weighted by atomic mass is 35.5. The van der Waals surface area contributed by atoms with E-state index in [1.54, 1.807) is 6.20 Å². The molecule has 0 aliphatic rings. The molecular weight excluding hydrogens is 292 g/mol. The molecule has 0 unspecified atom stereocenters. The Morgan fingerprint density at radius 1 is 1.47 bits per heavy atom. The highest BCUT2D eigenvalue weighted by Crippen LogP contribution is 2.19. The quantitative estimate of drug-likeness (QED) is 0.796. The van der Waals surface area contributed by atoms with Gasteiger partial charge in [0.25, 0.3) is 0 Å². The second-order valence-electron chi connectivity index (χ2n) is 3.60. The predicted molar refractivity (Wildman–Crippen MR) is 68.9 cm³/mol. The number of hydrogen-bond acceptors (Lipinski definition) is 6. The molecule has 0 atom stereocenters. The first-order valence-corrected chi connectivity index (χ1v) is 7.10. The van der Waals surface area contributed by atoms with Crippen LogP contribution in [-0.2, 0) is 16.6 Å². The molecule has 102 valence electrons. The SMILES string of the molecule is Nc1ncc(S(=O)(=O)NCCn2ccnn2)cc1Cl. The smallest absolute Gasteiger partial charge is 0.242 e. The van der Waals surface area contributed by atoms with Crippen LogP contribution in [0, 0.1) is 0 Å². The molecule has 0 spiro atoms. The van der Waals surface area contributed by atoms with Gasteiger partial charge in [0.1, 0.15) is 10.7 Å². The monoisotopic (exact) mass is 302 g/mol. The van der Waals surface area contributed by atoms with Crippen LogP contribution in [0.1, 0.15) is 0 Å². The molecule has 0 amide bonds. The minimum absolute atomic E-state index is 0.0368. The predicted octanol–water partition coefficient (Wildman–Crippen LogP) is -0.113. The number of nitrogen functional groups attached to an aromatic ring is 1. The fraction of sp³-hybridized carbons (Fsp3) is 0.222. The molecule has 0 radical (unpaired) electrons. The van der Waals surface area contributed by atoms with E-state index in [2.05, 4.69) is 20.0 Å². The van der Waals surface area contributed by atoms with Crippen molar-refractivity contribution in [3.8, 4) is 0 Å². The number of rotatable bonds is 5. The molecule has 2 aromatic heterocycles. The van der Waals surface area contributed by atoms with Crippen LogP contribution < -0.4 is 10.5 Å². The Hall–Kier alpha value is -1.71. The largest absolute Gasteiger partial charge is 0.382 e. The number of sulfonamides is 1. The molecule has 0 bridgehead atoms. The summed E-state index contributed by atoms with van der Waals surface area (Å²) in [5.74, 6) is 0.0863. The molecule has 0 aliphatic carbocycles. The van der Waals surface area contributed by atoms with Crippen LogP contribution in [0.3, 0.4) is 0 Å². The summed E-state index contributed by atoms with van der Waals surface area (Å²) in [5.41, 5.74) is 5.42. The highest BCUT2D eigenvalue weighted by Gasteiger charge is 2.15. The first-order valence-electron chi connectivity index (χ1n) is 5.24. The summed E-state index contributed by atoms with van der Waals surface area (Å²) < 4.78 is 27.8. The number of nitrogens with two attached hydrogens (primary N) is 1. The lowest BCUT2D eigenvalue weighted by Gasteiger charge is -2.07. The van der Waals surface area contributed by atoms with Gasteiger partial charge in [-0.15, -0.1) is 5.10 Å². The lowest BCUT2D eigenvalue weighted by atomic mass is 10.5. The number of hydrogen-bond donors (Lipinski definition) is 2. The summed E-state index contributed by atoms with van der Waals surface area (Å²) in [6.07, 6.45) is 4.30. The van der Waals surface area contributed by atoms with Crippen molar-refractivity contribution in [3.05, 3.63) is 29.7 Å². The normalized spacial score (nSPS) is 11.6. The molecule has 3 N–H and O–H groups in total. The van der Waals surface area contributed by atoms with Gasteiger partial charge in [0.2, 0.25) is 10.0 Å². The van der Waals surface area contributed by atoms with Gasteiger partial charge in [0.05, 0.1) is 17.8 Å². The molecule has 19 heavy (non-hydrogen) atoms. The molecule has 10 heteroatoms. The standard InChI is InChI=1S/C9H11ClN6O2S/c10-8-5-7(6-12-9(8)11)19(17,18)14-2-4-16-3-1-13-15-16/h1,3,5-6,14H,2,4H2,(H2,11,12). The number of nitrogens with zero attached hydrogens (tertiary/aromatic N) is 4. The van der Waals surface area contributed by atoms with Gasteiger partial charge in [0.15, 0.2) is 0 Å². The average molecular weight is 303 g/mol. The third-order valence-corrected chi connectivity index (χ3v) is 3.99. The van der Waals surface area contributed by atoms with Crippen molar-refractivity contribution in [3.63, 3.8) is 0 Å². The van der Waals surface area contributed by atoms with E-state index in [9.17, 15) is 8.42 Å². The van der Waals surface area contributed by atoms with E-state index in [1.165, 1.54) is 16.9 Å². The Labute approximate surface area is 114 Å². The minimum Gasteiger partial charge on any atom is -0.382 e. The minimum atomic E-state index is -3.67. The Morgan fingerprint density at radius 3 is 2.89 bits per heavy atom. The van der Waals surface area contributed by atoms with Gasteiger partial charge < -0.3 is 5.73 Å². The molecular formula is C9H11ClN6O2S. The number of nitrogens with one attached hydrogen (secondary N) is 1. The van der Waals surface area contributed by atoms with Gasteiger partial charge in [-0.3, -0.25) is 4.68 Å². The molecule has 8 nitrogen and oxygen atoms in total. The van der Waals surface area contributed by atoms with Crippen LogP contribution in [0.25, 0.3) is 0 Å². The first-order chi connectivity index (χ1) is 8.99. The van der Waals surface area contributed by atoms with E-state index in [0.29, 0.717) is 6.54 Å².